The molecule has 0 bridgehead atoms. The van der Waals surface area contributed by atoms with Gasteiger partial charge in [-0.1, -0.05) is 58.5 Å². The molecule has 0 saturated heterocycles. The molecule has 0 saturated carbocycles. The number of ether oxygens (including phenoxy) is 2. The summed E-state index contributed by atoms with van der Waals surface area (Å²) in [7, 11) is 0. The lowest BCUT2D eigenvalue weighted by atomic mass is 9.91. The van der Waals surface area contributed by atoms with Crippen LogP contribution in [0, 0.1) is 0 Å². The quantitative estimate of drug-likeness (QED) is 0.195. The minimum atomic E-state index is 0.600. The molecule has 0 fully saturated rings. The maximum Gasteiger partial charge on any atom is 0.137 e. The van der Waals surface area contributed by atoms with Crippen molar-refractivity contribution in [3.63, 3.8) is 0 Å². The van der Waals surface area contributed by atoms with E-state index in [1.165, 1.54) is 0 Å². The lowest BCUT2D eigenvalue weighted by Crippen LogP contribution is -1.99. The van der Waals surface area contributed by atoms with Crippen LogP contribution in [0.1, 0.15) is 0 Å². The van der Waals surface area contributed by atoms with E-state index in [0.717, 1.165) is 77.9 Å². The highest BCUT2D eigenvalue weighted by Gasteiger charge is 2.24. The SMILES string of the molecule is Clc1cc2c3c(cc(Cl)cc3c1)-c1ccc(-c3ccc4c(c3)Oc3cc(Cl)cc5cc(Cl)cc-4c35)cc1O2. The second kappa shape index (κ2) is 8.05. The van der Waals surface area contributed by atoms with Crippen molar-refractivity contribution < 1.29 is 9.47 Å². The Bertz CT molecular complexity index is 1870. The van der Waals surface area contributed by atoms with Gasteiger partial charge in [0.1, 0.15) is 23.0 Å². The van der Waals surface area contributed by atoms with Crippen molar-refractivity contribution in [2.75, 3.05) is 0 Å². The van der Waals surface area contributed by atoms with Crippen LogP contribution in [-0.4, -0.2) is 0 Å². The number of fused-ring (bicyclic) bond motifs is 4. The highest BCUT2D eigenvalue weighted by atomic mass is 35.5. The predicted octanol–water partition coefficient (Wildman–Crippen LogP) is 11.8. The fourth-order valence-electron chi connectivity index (χ4n) is 5.65. The fraction of sp³-hybridized carbons (Fsp3) is 0. The van der Waals surface area contributed by atoms with Gasteiger partial charge in [0.25, 0.3) is 0 Å². The maximum absolute atomic E-state index is 6.46. The zero-order chi connectivity index (χ0) is 25.7. The molecule has 2 nitrogen and oxygen atoms in total. The molecule has 182 valence electrons. The third-order valence-corrected chi connectivity index (χ3v) is 8.07. The molecule has 0 aliphatic carbocycles. The first kappa shape index (κ1) is 22.6. The molecular formula is C32H14Cl4O2. The van der Waals surface area contributed by atoms with E-state index in [-0.39, 0.29) is 0 Å². The summed E-state index contributed by atoms with van der Waals surface area (Å²) in [6.07, 6.45) is 0. The van der Waals surface area contributed by atoms with Gasteiger partial charge < -0.3 is 9.47 Å². The first-order chi connectivity index (χ1) is 18.4. The number of rotatable bonds is 1. The molecule has 0 atom stereocenters. The van der Waals surface area contributed by atoms with Gasteiger partial charge in [-0.3, -0.25) is 0 Å². The number of hydrogen-bond acceptors (Lipinski definition) is 2. The van der Waals surface area contributed by atoms with E-state index < -0.39 is 0 Å². The maximum atomic E-state index is 6.46. The molecule has 2 aliphatic heterocycles. The molecule has 6 heteroatoms. The number of benzene rings is 6. The van der Waals surface area contributed by atoms with Gasteiger partial charge in [-0.05, 0) is 93.7 Å². The van der Waals surface area contributed by atoms with E-state index in [9.17, 15) is 0 Å². The van der Waals surface area contributed by atoms with E-state index in [1.807, 2.05) is 60.7 Å². The Hall–Kier alpha value is -3.40. The van der Waals surface area contributed by atoms with Gasteiger partial charge in [0.15, 0.2) is 0 Å². The molecule has 6 aromatic rings. The molecule has 0 aromatic heterocycles. The summed E-state index contributed by atoms with van der Waals surface area (Å²) in [4.78, 5) is 0. The van der Waals surface area contributed by atoms with Crippen molar-refractivity contribution in [3.05, 3.63) is 105 Å². The van der Waals surface area contributed by atoms with Crippen LogP contribution in [0.3, 0.4) is 0 Å². The molecular weight excluding hydrogens is 558 g/mol. The van der Waals surface area contributed by atoms with Crippen molar-refractivity contribution in [2.45, 2.75) is 0 Å². The summed E-state index contributed by atoms with van der Waals surface area (Å²) in [5.41, 5.74) is 6.00. The zero-order valence-corrected chi connectivity index (χ0v) is 22.4. The minimum absolute atomic E-state index is 0.600. The van der Waals surface area contributed by atoms with Crippen LogP contribution in [0.4, 0.5) is 0 Å². The molecule has 8 rings (SSSR count). The molecule has 2 aliphatic rings. The van der Waals surface area contributed by atoms with Crippen molar-refractivity contribution in [1.29, 1.82) is 0 Å². The van der Waals surface area contributed by atoms with E-state index in [1.54, 1.807) is 0 Å². The summed E-state index contributed by atoms with van der Waals surface area (Å²) in [6, 6.07) is 27.7. The van der Waals surface area contributed by atoms with Gasteiger partial charge in [0.05, 0.1) is 0 Å². The summed E-state index contributed by atoms with van der Waals surface area (Å²) >= 11 is 25.7. The zero-order valence-electron chi connectivity index (χ0n) is 19.4. The smallest absolute Gasteiger partial charge is 0.137 e. The summed E-state index contributed by atoms with van der Waals surface area (Å²) in [6.45, 7) is 0. The predicted molar refractivity (Wildman–Crippen MR) is 158 cm³/mol. The molecule has 0 amide bonds. The van der Waals surface area contributed by atoms with Crippen LogP contribution < -0.4 is 9.47 Å². The molecule has 0 N–H and O–H groups in total. The minimum Gasteiger partial charge on any atom is -0.456 e. The molecule has 38 heavy (non-hydrogen) atoms. The van der Waals surface area contributed by atoms with Crippen LogP contribution in [0.5, 0.6) is 23.0 Å². The Morgan fingerprint density at radius 3 is 1.18 bits per heavy atom. The molecule has 2 heterocycles. The standard InChI is InChI=1S/C32H14Cl4O2/c33-19-5-17-7-21(35)13-29-31(17)25(11-19)23-3-1-15(9-27(23)37-29)16-2-4-24-26-12-20(34)6-18-8-22(36)14-30(32(18)26)38-28(24)10-16/h1-14H. The van der Waals surface area contributed by atoms with E-state index in [4.69, 9.17) is 55.9 Å². The largest absolute Gasteiger partial charge is 0.456 e. The van der Waals surface area contributed by atoms with Crippen LogP contribution in [0.25, 0.3) is 54.9 Å². The van der Waals surface area contributed by atoms with Gasteiger partial charge in [0, 0.05) is 54.1 Å². The van der Waals surface area contributed by atoms with E-state index in [2.05, 4.69) is 24.3 Å². The van der Waals surface area contributed by atoms with Crippen LogP contribution in [0.15, 0.2) is 84.9 Å². The molecule has 6 aromatic carbocycles. The van der Waals surface area contributed by atoms with Crippen LogP contribution in [-0.2, 0) is 0 Å². The fourth-order valence-corrected chi connectivity index (χ4v) is 6.54. The van der Waals surface area contributed by atoms with E-state index in [0.29, 0.717) is 20.1 Å². The first-order valence-electron chi connectivity index (χ1n) is 11.9. The third kappa shape index (κ3) is 3.35. The Kier molecular flexibility index (Phi) is 4.78. The van der Waals surface area contributed by atoms with Gasteiger partial charge in [-0.2, -0.15) is 0 Å². The Morgan fingerprint density at radius 1 is 0.368 bits per heavy atom. The van der Waals surface area contributed by atoms with Crippen LogP contribution in [0.2, 0.25) is 20.1 Å². The summed E-state index contributed by atoms with van der Waals surface area (Å²) in [5.74, 6) is 2.92. The molecule has 0 unspecified atom stereocenters. The normalized spacial score (nSPS) is 12.6. The van der Waals surface area contributed by atoms with Gasteiger partial charge in [0.2, 0.25) is 0 Å². The van der Waals surface area contributed by atoms with Crippen molar-refractivity contribution in [3.8, 4) is 56.4 Å². The number of hydrogen-bond donors (Lipinski definition) is 0. The average Bonchev–Trinajstić information content (AvgIpc) is 2.87. The average molecular weight is 572 g/mol. The second-order valence-corrected chi connectivity index (χ2v) is 11.3. The third-order valence-electron chi connectivity index (χ3n) is 7.20. The highest BCUT2D eigenvalue weighted by Crippen LogP contribution is 2.52. The van der Waals surface area contributed by atoms with E-state index >= 15 is 0 Å². The highest BCUT2D eigenvalue weighted by molar-refractivity contribution is 6.34. The molecule has 0 spiro atoms. The Balaban J connectivity index is 1.27. The monoisotopic (exact) mass is 570 g/mol. The van der Waals surface area contributed by atoms with Crippen molar-refractivity contribution >= 4 is 67.9 Å². The second-order valence-electron chi connectivity index (χ2n) is 9.54. The van der Waals surface area contributed by atoms with Gasteiger partial charge >= 0.3 is 0 Å². The first-order valence-corrected chi connectivity index (χ1v) is 13.4. The lowest BCUT2D eigenvalue weighted by molar-refractivity contribution is 0.486. The molecule has 0 radical (unpaired) electrons. The number of halogens is 4. The Morgan fingerprint density at radius 2 is 0.763 bits per heavy atom. The van der Waals surface area contributed by atoms with Gasteiger partial charge in [-0.15, -0.1) is 0 Å². The van der Waals surface area contributed by atoms with Crippen LogP contribution >= 0.6 is 46.4 Å². The topological polar surface area (TPSA) is 18.5 Å². The summed E-state index contributed by atoms with van der Waals surface area (Å²) < 4.78 is 12.7. The van der Waals surface area contributed by atoms with Crippen molar-refractivity contribution in [2.24, 2.45) is 0 Å². The Labute approximate surface area is 237 Å². The summed E-state index contributed by atoms with van der Waals surface area (Å²) in [5, 5.41) is 6.42. The lowest BCUT2D eigenvalue weighted by Gasteiger charge is -2.24. The van der Waals surface area contributed by atoms with Crippen molar-refractivity contribution in [1.82, 2.24) is 0 Å². The van der Waals surface area contributed by atoms with Gasteiger partial charge in [-0.25, -0.2) is 0 Å².